The molecule has 1 fully saturated rings. The molecule has 0 aromatic heterocycles. The molecule has 2 aromatic rings. The number of para-hydroxylation sites is 1. The number of carbonyl (C=O) groups is 1. The molecule has 8 nitrogen and oxygen atoms in total. The minimum Gasteiger partial charge on any atom is -0.493 e. The Morgan fingerprint density at radius 3 is 2.21 bits per heavy atom. The van der Waals surface area contributed by atoms with Gasteiger partial charge in [-0.3, -0.25) is 9.69 Å². The molecule has 1 aliphatic rings. The average molecular weight is 457 g/mol. The highest BCUT2D eigenvalue weighted by molar-refractivity contribution is 5.92. The van der Waals surface area contributed by atoms with Gasteiger partial charge >= 0.3 is 0 Å². The lowest BCUT2D eigenvalue weighted by Crippen LogP contribution is -2.50. The zero-order valence-electron chi connectivity index (χ0n) is 19.4. The summed E-state index contributed by atoms with van der Waals surface area (Å²) >= 11 is 0. The van der Waals surface area contributed by atoms with Crippen LogP contribution in [0.15, 0.2) is 48.5 Å². The SMILES string of the molecule is COc1cc(/C=C/C(=O)N2CCN(CC(O)COc3ccccc3)CC2)cc(OC)c1OC. The number of methoxy groups -OCH3 is 3. The van der Waals surface area contributed by atoms with Crippen molar-refractivity contribution in [2.75, 3.05) is 60.7 Å². The van der Waals surface area contributed by atoms with E-state index >= 15 is 0 Å². The molecule has 0 aliphatic carbocycles. The molecule has 2 aromatic carbocycles. The predicted molar refractivity (Wildman–Crippen MR) is 126 cm³/mol. The molecular weight excluding hydrogens is 424 g/mol. The van der Waals surface area contributed by atoms with Gasteiger partial charge < -0.3 is 29.0 Å². The summed E-state index contributed by atoms with van der Waals surface area (Å²) in [6, 6.07) is 13.0. The van der Waals surface area contributed by atoms with Crippen molar-refractivity contribution in [2.24, 2.45) is 0 Å². The van der Waals surface area contributed by atoms with Crippen molar-refractivity contribution >= 4 is 12.0 Å². The lowest BCUT2D eigenvalue weighted by molar-refractivity contribution is -0.127. The van der Waals surface area contributed by atoms with Crippen LogP contribution < -0.4 is 18.9 Å². The van der Waals surface area contributed by atoms with Crippen LogP contribution in [0.4, 0.5) is 0 Å². The molecule has 0 saturated carbocycles. The van der Waals surface area contributed by atoms with E-state index in [0.29, 0.717) is 50.0 Å². The summed E-state index contributed by atoms with van der Waals surface area (Å²) in [7, 11) is 4.66. The Morgan fingerprint density at radius 1 is 1.00 bits per heavy atom. The Balaban J connectivity index is 1.47. The Labute approximate surface area is 194 Å². The van der Waals surface area contributed by atoms with Gasteiger partial charge in [-0.2, -0.15) is 0 Å². The van der Waals surface area contributed by atoms with Gasteiger partial charge in [-0.05, 0) is 35.9 Å². The van der Waals surface area contributed by atoms with Gasteiger partial charge in [-0.1, -0.05) is 18.2 Å². The Kier molecular flexibility index (Phi) is 8.97. The van der Waals surface area contributed by atoms with E-state index < -0.39 is 6.10 Å². The molecule has 33 heavy (non-hydrogen) atoms. The smallest absolute Gasteiger partial charge is 0.246 e. The third-order valence-electron chi connectivity index (χ3n) is 5.44. The van der Waals surface area contributed by atoms with Crippen LogP contribution >= 0.6 is 0 Å². The summed E-state index contributed by atoms with van der Waals surface area (Å²) in [4.78, 5) is 16.6. The van der Waals surface area contributed by atoms with E-state index in [-0.39, 0.29) is 12.5 Å². The highest BCUT2D eigenvalue weighted by atomic mass is 16.5. The number of amides is 1. The topological polar surface area (TPSA) is 80.7 Å². The molecule has 1 heterocycles. The van der Waals surface area contributed by atoms with E-state index in [4.69, 9.17) is 18.9 Å². The standard InChI is InChI=1S/C25H32N2O6/c1-30-22-15-19(16-23(31-2)25(22)32-3)9-10-24(29)27-13-11-26(12-14-27)17-20(28)18-33-21-7-5-4-6-8-21/h4-10,15-16,20,28H,11-14,17-18H2,1-3H3/b10-9+. The summed E-state index contributed by atoms with van der Waals surface area (Å²) in [6.45, 7) is 3.35. The number of ether oxygens (including phenoxy) is 4. The summed E-state index contributed by atoms with van der Waals surface area (Å²) in [6.07, 6.45) is 2.70. The molecule has 178 valence electrons. The first-order valence-electron chi connectivity index (χ1n) is 10.9. The first-order valence-corrected chi connectivity index (χ1v) is 10.9. The van der Waals surface area contributed by atoms with Crippen molar-refractivity contribution in [3.63, 3.8) is 0 Å². The molecule has 0 radical (unpaired) electrons. The lowest BCUT2D eigenvalue weighted by Gasteiger charge is -2.35. The summed E-state index contributed by atoms with van der Waals surface area (Å²) in [5.41, 5.74) is 0.776. The Morgan fingerprint density at radius 2 is 1.64 bits per heavy atom. The van der Waals surface area contributed by atoms with E-state index in [1.54, 1.807) is 50.5 Å². The van der Waals surface area contributed by atoms with Crippen molar-refractivity contribution in [3.8, 4) is 23.0 Å². The predicted octanol–water partition coefficient (Wildman–Crippen LogP) is 2.31. The fourth-order valence-electron chi connectivity index (χ4n) is 3.68. The van der Waals surface area contributed by atoms with Gasteiger partial charge in [0.05, 0.1) is 21.3 Å². The van der Waals surface area contributed by atoms with Crippen molar-refractivity contribution in [2.45, 2.75) is 6.10 Å². The second-order valence-electron chi connectivity index (χ2n) is 7.70. The molecule has 1 amide bonds. The summed E-state index contributed by atoms with van der Waals surface area (Å²) in [5.74, 6) is 2.26. The van der Waals surface area contributed by atoms with Gasteiger partial charge in [0.15, 0.2) is 11.5 Å². The number of rotatable bonds is 10. The fourth-order valence-corrected chi connectivity index (χ4v) is 3.68. The first kappa shape index (κ1) is 24.4. The number of aliphatic hydroxyl groups is 1. The molecule has 3 rings (SSSR count). The molecule has 0 bridgehead atoms. The molecular formula is C25H32N2O6. The molecule has 1 N–H and O–H groups in total. The number of piperazine rings is 1. The maximum absolute atomic E-state index is 12.7. The normalized spacial score (nSPS) is 15.3. The third-order valence-corrected chi connectivity index (χ3v) is 5.44. The molecule has 1 unspecified atom stereocenters. The van der Waals surface area contributed by atoms with Gasteiger partial charge in [0, 0.05) is 38.8 Å². The van der Waals surface area contributed by atoms with Gasteiger partial charge in [0.2, 0.25) is 11.7 Å². The zero-order valence-corrected chi connectivity index (χ0v) is 19.4. The van der Waals surface area contributed by atoms with Crippen molar-refractivity contribution in [1.82, 2.24) is 9.80 Å². The number of β-amino-alcohol motifs (C(OH)–C–C–N with tert-alkyl or cyclic N) is 1. The second-order valence-corrected chi connectivity index (χ2v) is 7.70. The van der Waals surface area contributed by atoms with Crippen LogP contribution in [0.1, 0.15) is 5.56 Å². The number of benzene rings is 2. The Bertz CT molecular complexity index is 901. The summed E-state index contributed by atoms with van der Waals surface area (Å²) in [5, 5.41) is 10.3. The molecule has 8 heteroatoms. The zero-order chi connectivity index (χ0) is 23.6. The average Bonchev–Trinajstić information content (AvgIpc) is 2.86. The van der Waals surface area contributed by atoms with E-state index in [1.807, 2.05) is 30.3 Å². The van der Waals surface area contributed by atoms with E-state index in [2.05, 4.69) is 4.90 Å². The minimum absolute atomic E-state index is 0.0589. The van der Waals surface area contributed by atoms with Crippen molar-refractivity contribution in [3.05, 3.63) is 54.1 Å². The monoisotopic (exact) mass is 456 g/mol. The summed E-state index contributed by atoms with van der Waals surface area (Å²) < 4.78 is 21.7. The van der Waals surface area contributed by atoms with Crippen LogP contribution in [0.5, 0.6) is 23.0 Å². The van der Waals surface area contributed by atoms with Gasteiger partial charge in [-0.25, -0.2) is 0 Å². The number of hydrogen-bond acceptors (Lipinski definition) is 7. The van der Waals surface area contributed by atoms with Crippen LogP contribution in [-0.2, 0) is 4.79 Å². The quantitative estimate of drug-likeness (QED) is 0.550. The third kappa shape index (κ3) is 6.87. The number of aliphatic hydroxyl groups excluding tert-OH is 1. The van der Waals surface area contributed by atoms with E-state index in [9.17, 15) is 9.90 Å². The molecule has 1 saturated heterocycles. The number of carbonyl (C=O) groups excluding carboxylic acids is 1. The van der Waals surface area contributed by atoms with Crippen LogP contribution in [0.3, 0.4) is 0 Å². The van der Waals surface area contributed by atoms with Crippen LogP contribution in [0, 0.1) is 0 Å². The molecule has 1 atom stereocenters. The van der Waals surface area contributed by atoms with E-state index in [1.165, 1.54) is 0 Å². The highest BCUT2D eigenvalue weighted by Crippen LogP contribution is 2.38. The fraction of sp³-hybridized carbons (Fsp3) is 0.400. The van der Waals surface area contributed by atoms with Crippen molar-refractivity contribution in [1.29, 1.82) is 0 Å². The van der Waals surface area contributed by atoms with Crippen LogP contribution in [-0.4, -0.2) is 87.6 Å². The van der Waals surface area contributed by atoms with Crippen LogP contribution in [0.25, 0.3) is 6.08 Å². The highest BCUT2D eigenvalue weighted by Gasteiger charge is 2.22. The van der Waals surface area contributed by atoms with E-state index in [0.717, 1.165) is 11.3 Å². The Hall–Kier alpha value is -3.23. The first-order chi connectivity index (χ1) is 16.0. The molecule has 1 aliphatic heterocycles. The lowest BCUT2D eigenvalue weighted by atomic mass is 10.1. The number of hydrogen-bond donors (Lipinski definition) is 1. The van der Waals surface area contributed by atoms with Crippen molar-refractivity contribution < 1.29 is 28.8 Å². The largest absolute Gasteiger partial charge is 0.493 e. The minimum atomic E-state index is -0.590. The van der Waals surface area contributed by atoms with Gasteiger partial charge in [-0.15, -0.1) is 0 Å². The van der Waals surface area contributed by atoms with Gasteiger partial charge in [0.1, 0.15) is 18.5 Å². The number of nitrogens with zero attached hydrogens (tertiary/aromatic N) is 2. The second kappa shape index (κ2) is 12.1. The maximum Gasteiger partial charge on any atom is 0.246 e. The maximum atomic E-state index is 12.7. The van der Waals surface area contributed by atoms with Gasteiger partial charge in [0.25, 0.3) is 0 Å². The molecule has 0 spiro atoms. The van der Waals surface area contributed by atoms with Crippen LogP contribution in [0.2, 0.25) is 0 Å².